The Bertz CT molecular complexity index is 950. The van der Waals surface area contributed by atoms with E-state index in [-0.39, 0.29) is 24.3 Å². The first kappa shape index (κ1) is 22.9. The van der Waals surface area contributed by atoms with Gasteiger partial charge in [-0.05, 0) is 67.1 Å². The van der Waals surface area contributed by atoms with Crippen LogP contribution in [0.1, 0.15) is 29.5 Å². The van der Waals surface area contributed by atoms with Crippen molar-refractivity contribution in [3.63, 3.8) is 0 Å². The number of sulfonamides is 1. The van der Waals surface area contributed by atoms with Crippen molar-refractivity contribution in [2.45, 2.75) is 38.0 Å². The van der Waals surface area contributed by atoms with Crippen molar-refractivity contribution in [2.75, 3.05) is 26.2 Å². The zero-order valence-corrected chi connectivity index (χ0v) is 19.1. The molecule has 2 aromatic rings. The topological polar surface area (TPSA) is 86.7 Å². The van der Waals surface area contributed by atoms with Crippen LogP contribution in [0.25, 0.3) is 0 Å². The van der Waals surface area contributed by atoms with Gasteiger partial charge in [0.1, 0.15) is 0 Å². The van der Waals surface area contributed by atoms with Gasteiger partial charge in [0.05, 0.1) is 4.90 Å². The number of hydrogen-bond acceptors (Lipinski definition) is 5. The molecule has 1 aromatic heterocycles. The molecule has 0 radical (unpaired) electrons. The number of nitrogens with one attached hydrogen (secondary N) is 1. The van der Waals surface area contributed by atoms with Crippen LogP contribution in [0.2, 0.25) is 0 Å². The van der Waals surface area contributed by atoms with Crippen molar-refractivity contribution in [1.82, 2.24) is 9.62 Å². The molecule has 8 heteroatoms. The maximum absolute atomic E-state index is 13.0. The van der Waals surface area contributed by atoms with Gasteiger partial charge in [-0.2, -0.15) is 15.6 Å². The fraction of sp³-hybridized carbons (Fsp3) is 0.500. The lowest BCUT2D eigenvalue weighted by Gasteiger charge is -2.31. The molecule has 0 spiro atoms. The van der Waals surface area contributed by atoms with Crippen molar-refractivity contribution in [3.8, 4) is 0 Å². The average molecular weight is 451 g/mol. The summed E-state index contributed by atoms with van der Waals surface area (Å²) in [6.07, 6.45) is 1.74. The quantitative estimate of drug-likeness (QED) is 0.647. The van der Waals surface area contributed by atoms with Gasteiger partial charge in [-0.1, -0.05) is 17.7 Å². The summed E-state index contributed by atoms with van der Waals surface area (Å²) in [7, 11) is -3.55. The number of piperidine rings is 1. The van der Waals surface area contributed by atoms with Crippen LogP contribution in [0.5, 0.6) is 0 Å². The third-order valence-electron chi connectivity index (χ3n) is 5.70. The van der Waals surface area contributed by atoms with E-state index in [1.165, 1.54) is 9.87 Å². The SMILES string of the molecule is Cc1ccc(S(=O)(=O)N2CCC(C(=O)NC[C@@H](CO)Cc3ccsc3)CC2)c(C)c1. The van der Waals surface area contributed by atoms with Crippen LogP contribution in [0, 0.1) is 25.7 Å². The second-order valence-electron chi connectivity index (χ2n) is 8.08. The Labute approximate surface area is 183 Å². The highest BCUT2D eigenvalue weighted by molar-refractivity contribution is 7.89. The van der Waals surface area contributed by atoms with Crippen LogP contribution < -0.4 is 5.32 Å². The molecule has 0 saturated carbocycles. The maximum Gasteiger partial charge on any atom is 0.243 e. The number of hydrogen-bond donors (Lipinski definition) is 2. The molecular formula is C22H30N2O4S2. The van der Waals surface area contributed by atoms with Crippen molar-refractivity contribution >= 4 is 27.3 Å². The number of aliphatic hydroxyl groups excluding tert-OH is 1. The normalized spacial score (nSPS) is 17.0. The largest absolute Gasteiger partial charge is 0.396 e. The molecule has 6 nitrogen and oxygen atoms in total. The summed E-state index contributed by atoms with van der Waals surface area (Å²) in [6, 6.07) is 7.39. The van der Waals surface area contributed by atoms with Gasteiger partial charge in [-0.3, -0.25) is 4.79 Å². The molecule has 0 unspecified atom stereocenters. The number of aliphatic hydroxyl groups is 1. The summed E-state index contributed by atoms with van der Waals surface area (Å²) in [4.78, 5) is 12.9. The third-order valence-corrected chi connectivity index (χ3v) is 8.49. The molecular weight excluding hydrogens is 420 g/mol. The van der Waals surface area contributed by atoms with Crippen LogP contribution in [-0.2, 0) is 21.2 Å². The van der Waals surface area contributed by atoms with E-state index >= 15 is 0 Å². The lowest BCUT2D eigenvalue weighted by molar-refractivity contribution is -0.126. The Morgan fingerprint density at radius 1 is 1.27 bits per heavy atom. The Balaban J connectivity index is 1.52. The number of carbonyl (C=O) groups is 1. The zero-order chi connectivity index (χ0) is 21.7. The number of rotatable bonds is 8. The summed E-state index contributed by atoms with van der Waals surface area (Å²) >= 11 is 1.62. The smallest absolute Gasteiger partial charge is 0.243 e. The second-order valence-corrected chi connectivity index (χ2v) is 10.8. The van der Waals surface area contributed by atoms with Crippen LogP contribution in [0.4, 0.5) is 0 Å². The van der Waals surface area contributed by atoms with Crippen molar-refractivity contribution in [1.29, 1.82) is 0 Å². The number of thiophene rings is 1. The maximum atomic E-state index is 13.0. The number of aryl methyl sites for hydroxylation is 2. The Morgan fingerprint density at radius 2 is 2.00 bits per heavy atom. The summed E-state index contributed by atoms with van der Waals surface area (Å²) in [5.74, 6) is -0.271. The Hall–Kier alpha value is -1.74. The van der Waals surface area contributed by atoms with E-state index in [1.807, 2.05) is 37.4 Å². The van der Waals surface area contributed by atoms with E-state index in [4.69, 9.17) is 0 Å². The minimum Gasteiger partial charge on any atom is -0.396 e. The molecule has 164 valence electrons. The summed E-state index contributed by atoms with van der Waals surface area (Å²) in [5.41, 5.74) is 2.94. The highest BCUT2D eigenvalue weighted by Crippen LogP contribution is 2.26. The van der Waals surface area contributed by atoms with Crippen LogP contribution >= 0.6 is 11.3 Å². The standard InChI is InChI=1S/C22H30N2O4S2/c1-16-3-4-21(17(2)11-16)30(27,28)24-8-5-20(6-9-24)22(26)23-13-19(14-25)12-18-7-10-29-15-18/h3-4,7,10-11,15,19-20,25H,5-6,8-9,12-14H2,1-2H3,(H,23,26)/t19-/m0/s1. The lowest BCUT2D eigenvalue weighted by atomic mass is 9.96. The molecule has 1 fully saturated rings. The Kier molecular flexibility index (Phi) is 7.68. The van der Waals surface area contributed by atoms with Crippen molar-refractivity contribution < 1.29 is 18.3 Å². The van der Waals surface area contributed by atoms with E-state index in [0.29, 0.717) is 37.4 Å². The van der Waals surface area contributed by atoms with Crippen LogP contribution in [0.3, 0.4) is 0 Å². The number of nitrogens with zero attached hydrogens (tertiary/aromatic N) is 1. The molecule has 30 heavy (non-hydrogen) atoms. The van der Waals surface area contributed by atoms with Crippen molar-refractivity contribution in [3.05, 3.63) is 51.7 Å². The minimum atomic E-state index is -3.55. The molecule has 1 aromatic carbocycles. The van der Waals surface area contributed by atoms with Crippen LogP contribution in [0.15, 0.2) is 39.9 Å². The highest BCUT2D eigenvalue weighted by Gasteiger charge is 2.32. The summed E-state index contributed by atoms with van der Waals surface area (Å²) in [6.45, 7) is 4.87. The fourth-order valence-electron chi connectivity index (χ4n) is 3.92. The van der Waals surface area contributed by atoms with Gasteiger partial charge in [-0.25, -0.2) is 8.42 Å². The monoisotopic (exact) mass is 450 g/mol. The van der Waals surface area contributed by atoms with E-state index in [0.717, 1.165) is 17.5 Å². The Morgan fingerprint density at radius 3 is 2.60 bits per heavy atom. The predicted molar refractivity (Wildman–Crippen MR) is 119 cm³/mol. The van der Waals surface area contributed by atoms with Gasteiger partial charge < -0.3 is 10.4 Å². The van der Waals surface area contributed by atoms with Gasteiger partial charge in [0.25, 0.3) is 0 Å². The van der Waals surface area contributed by atoms with E-state index in [9.17, 15) is 18.3 Å². The summed E-state index contributed by atoms with van der Waals surface area (Å²) in [5, 5.41) is 16.6. The van der Waals surface area contributed by atoms with Gasteiger partial charge in [0.15, 0.2) is 0 Å². The highest BCUT2D eigenvalue weighted by atomic mass is 32.2. The van der Waals surface area contributed by atoms with Gasteiger partial charge in [-0.15, -0.1) is 0 Å². The first-order valence-corrected chi connectivity index (χ1v) is 12.7. The average Bonchev–Trinajstić information content (AvgIpc) is 3.23. The first-order chi connectivity index (χ1) is 14.3. The predicted octanol–water partition coefficient (Wildman–Crippen LogP) is 2.73. The number of amides is 1. The van der Waals surface area contributed by atoms with Gasteiger partial charge >= 0.3 is 0 Å². The van der Waals surface area contributed by atoms with Crippen molar-refractivity contribution in [2.24, 2.45) is 11.8 Å². The zero-order valence-electron chi connectivity index (χ0n) is 17.5. The molecule has 1 amide bonds. The molecule has 0 bridgehead atoms. The van der Waals surface area contributed by atoms with E-state index in [2.05, 4.69) is 10.7 Å². The van der Waals surface area contributed by atoms with Crippen LogP contribution in [-0.4, -0.2) is 50.0 Å². The van der Waals surface area contributed by atoms with Gasteiger partial charge in [0.2, 0.25) is 15.9 Å². The molecule has 1 aliphatic rings. The molecule has 1 saturated heterocycles. The first-order valence-electron chi connectivity index (χ1n) is 10.3. The molecule has 1 atom stereocenters. The number of carbonyl (C=O) groups excluding carboxylic acids is 1. The second kappa shape index (κ2) is 10.0. The molecule has 2 heterocycles. The molecule has 0 aliphatic carbocycles. The van der Waals surface area contributed by atoms with E-state index < -0.39 is 10.0 Å². The third kappa shape index (κ3) is 5.49. The number of benzene rings is 1. The molecule has 1 aliphatic heterocycles. The molecule has 2 N–H and O–H groups in total. The molecule has 3 rings (SSSR count). The minimum absolute atomic E-state index is 0.0166. The summed E-state index contributed by atoms with van der Waals surface area (Å²) < 4.78 is 27.5. The fourth-order valence-corrected chi connectivity index (χ4v) is 6.28. The lowest BCUT2D eigenvalue weighted by Crippen LogP contribution is -2.44. The van der Waals surface area contributed by atoms with E-state index in [1.54, 1.807) is 17.4 Å². The van der Waals surface area contributed by atoms with Gasteiger partial charge in [0, 0.05) is 38.1 Å².